The zero-order chi connectivity index (χ0) is 16.6. The van der Waals surface area contributed by atoms with Gasteiger partial charge in [0.15, 0.2) is 5.69 Å². The number of aromatic nitrogens is 2. The van der Waals surface area contributed by atoms with Gasteiger partial charge in [0, 0.05) is 24.0 Å². The Labute approximate surface area is 135 Å². The molecule has 1 aromatic heterocycles. The van der Waals surface area contributed by atoms with Crippen molar-refractivity contribution in [1.29, 1.82) is 0 Å². The summed E-state index contributed by atoms with van der Waals surface area (Å²) in [5.74, 6) is 0.682. The Kier molecular flexibility index (Phi) is 3.90. The van der Waals surface area contributed by atoms with E-state index in [0.29, 0.717) is 11.4 Å². The molecule has 0 fully saturated rings. The maximum absolute atomic E-state index is 12.3. The van der Waals surface area contributed by atoms with Gasteiger partial charge in [0.25, 0.3) is 5.91 Å². The van der Waals surface area contributed by atoms with Crippen LogP contribution in [0.15, 0.2) is 39.9 Å². The maximum atomic E-state index is 12.3. The molecule has 1 amide bonds. The summed E-state index contributed by atoms with van der Waals surface area (Å²) in [5, 5.41) is 9.76. The number of H-pyrrole nitrogens is 1. The molecule has 0 spiro atoms. The Bertz CT molecular complexity index is 779. The number of aryl methyl sites for hydroxylation is 1. The van der Waals surface area contributed by atoms with E-state index in [1.807, 2.05) is 20.0 Å². The van der Waals surface area contributed by atoms with E-state index in [1.54, 1.807) is 6.21 Å². The molecule has 2 aliphatic rings. The highest BCUT2D eigenvalue weighted by atomic mass is 16.2. The summed E-state index contributed by atoms with van der Waals surface area (Å²) in [6.07, 6.45) is 6.67. The number of carbonyl (C=O) groups is 1. The van der Waals surface area contributed by atoms with Crippen molar-refractivity contribution in [3.05, 3.63) is 51.9 Å². The number of hydrogen-bond acceptors (Lipinski definition) is 4. The van der Waals surface area contributed by atoms with Gasteiger partial charge in [0.1, 0.15) is 5.82 Å². The SMILES string of the molecule is CC1=C(C)CCN2C=C(NC(=O)c3n[nH]c(C)c3C)C=NC2=C1. The first-order chi connectivity index (χ1) is 11.0. The van der Waals surface area contributed by atoms with E-state index in [9.17, 15) is 4.79 Å². The van der Waals surface area contributed by atoms with Crippen LogP contribution in [0.3, 0.4) is 0 Å². The van der Waals surface area contributed by atoms with Crippen LogP contribution < -0.4 is 5.32 Å². The van der Waals surface area contributed by atoms with E-state index < -0.39 is 0 Å². The molecule has 3 heterocycles. The summed E-state index contributed by atoms with van der Waals surface area (Å²) in [7, 11) is 0. The fourth-order valence-electron chi connectivity index (χ4n) is 2.54. The predicted molar refractivity (Wildman–Crippen MR) is 89.9 cm³/mol. The molecule has 6 heteroatoms. The molecule has 0 bridgehead atoms. The molecule has 23 heavy (non-hydrogen) atoms. The second-order valence-corrected chi connectivity index (χ2v) is 6.03. The van der Waals surface area contributed by atoms with E-state index in [0.717, 1.165) is 30.0 Å². The molecule has 0 aliphatic carbocycles. The summed E-state index contributed by atoms with van der Waals surface area (Å²) in [6, 6.07) is 0. The molecule has 0 aromatic carbocycles. The third-order valence-electron chi connectivity index (χ3n) is 4.40. The number of nitrogens with one attached hydrogen (secondary N) is 2. The minimum absolute atomic E-state index is 0.225. The molecule has 6 nitrogen and oxygen atoms in total. The molecule has 0 radical (unpaired) electrons. The molecule has 0 saturated heterocycles. The van der Waals surface area contributed by atoms with Crippen molar-refractivity contribution in [3.63, 3.8) is 0 Å². The minimum atomic E-state index is -0.225. The summed E-state index contributed by atoms with van der Waals surface area (Å²) in [5.41, 5.74) is 5.47. The van der Waals surface area contributed by atoms with E-state index in [4.69, 9.17) is 0 Å². The van der Waals surface area contributed by atoms with Crippen LogP contribution >= 0.6 is 0 Å². The van der Waals surface area contributed by atoms with E-state index in [2.05, 4.69) is 45.3 Å². The zero-order valence-electron chi connectivity index (χ0n) is 13.9. The lowest BCUT2D eigenvalue weighted by molar-refractivity contribution is 0.0962. The Morgan fingerprint density at radius 1 is 1.30 bits per heavy atom. The molecule has 2 aliphatic heterocycles. The van der Waals surface area contributed by atoms with Crippen LogP contribution in [0.5, 0.6) is 0 Å². The number of aliphatic imine (C=N–C) groups is 1. The average Bonchev–Trinajstić information content (AvgIpc) is 2.78. The van der Waals surface area contributed by atoms with Gasteiger partial charge in [0.05, 0.1) is 11.9 Å². The normalized spacial score (nSPS) is 17.5. The number of fused-ring (bicyclic) bond motifs is 1. The highest BCUT2D eigenvalue weighted by Gasteiger charge is 2.19. The third kappa shape index (κ3) is 2.97. The molecular formula is C17H21N5O. The summed E-state index contributed by atoms with van der Waals surface area (Å²) >= 11 is 0. The smallest absolute Gasteiger partial charge is 0.276 e. The van der Waals surface area contributed by atoms with E-state index in [-0.39, 0.29) is 5.91 Å². The van der Waals surface area contributed by atoms with Gasteiger partial charge in [0.2, 0.25) is 0 Å². The van der Waals surface area contributed by atoms with Gasteiger partial charge in [-0.1, -0.05) is 5.57 Å². The van der Waals surface area contributed by atoms with Crippen LogP contribution in [0.2, 0.25) is 0 Å². The Morgan fingerprint density at radius 2 is 2.09 bits per heavy atom. The van der Waals surface area contributed by atoms with Crippen molar-refractivity contribution in [1.82, 2.24) is 20.4 Å². The Hall–Kier alpha value is -2.63. The summed E-state index contributed by atoms with van der Waals surface area (Å²) in [4.78, 5) is 18.9. The number of amides is 1. The van der Waals surface area contributed by atoms with Crippen molar-refractivity contribution in [2.24, 2.45) is 4.99 Å². The van der Waals surface area contributed by atoms with Crippen LogP contribution in [0, 0.1) is 13.8 Å². The van der Waals surface area contributed by atoms with Gasteiger partial charge < -0.3 is 10.2 Å². The number of aromatic amines is 1. The number of nitrogens with zero attached hydrogens (tertiary/aromatic N) is 3. The monoisotopic (exact) mass is 311 g/mol. The lowest BCUT2D eigenvalue weighted by Crippen LogP contribution is -2.30. The minimum Gasteiger partial charge on any atom is -0.331 e. The van der Waals surface area contributed by atoms with E-state index >= 15 is 0 Å². The molecular weight excluding hydrogens is 290 g/mol. The maximum Gasteiger partial charge on any atom is 0.276 e. The molecule has 3 rings (SSSR count). The van der Waals surface area contributed by atoms with Gasteiger partial charge in [-0.15, -0.1) is 0 Å². The second-order valence-electron chi connectivity index (χ2n) is 6.03. The first kappa shape index (κ1) is 15.3. The molecule has 0 saturated carbocycles. The average molecular weight is 311 g/mol. The van der Waals surface area contributed by atoms with Crippen molar-refractivity contribution in [2.45, 2.75) is 34.1 Å². The number of allylic oxidation sites excluding steroid dienone is 3. The lowest BCUT2D eigenvalue weighted by atomic mass is 10.1. The van der Waals surface area contributed by atoms with Crippen LogP contribution in [0.1, 0.15) is 42.0 Å². The molecule has 2 N–H and O–H groups in total. The van der Waals surface area contributed by atoms with Crippen molar-refractivity contribution >= 4 is 12.1 Å². The molecule has 120 valence electrons. The highest BCUT2D eigenvalue weighted by molar-refractivity contribution is 5.98. The van der Waals surface area contributed by atoms with Crippen LogP contribution in [-0.4, -0.2) is 33.8 Å². The number of hydrogen-bond donors (Lipinski definition) is 2. The topological polar surface area (TPSA) is 73.4 Å². The summed E-state index contributed by atoms with van der Waals surface area (Å²) < 4.78 is 0. The van der Waals surface area contributed by atoms with Crippen molar-refractivity contribution in [3.8, 4) is 0 Å². The lowest BCUT2D eigenvalue weighted by Gasteiger charge is -2.23. The largest absolute Gasteiger partial charge is 0.331 e. The first-order valence-electron chi connectivity index (χ1n) is 7.69. The standard InChI is InChI=1S/C17H21N5O/c1-10-5-6-22-9-14(8-18-15(22)7-11(10)2)19-17(23)16-12(3)13(4)20-21-16/h7-9H,5-6H2,1-4H3,(H,19,23)(H,20,21). The Morgan fingerprint density at radius 3 is 2.78 bits per heavy atom. The fourth-order valence-corrected chi connectivity index (χ4v) is 2.54. The first-order valence-corrected chi connectivity index (χ1v) is 7.69. The third-order valence-corrected chi connectivity index (χ3v) is 4.40. The van der Waals surface area contributed by atoms with Crippen LogP contribution in [-0.2, 0) is 0 Å². The predicted octanol–water partition coefficient (Wildman–Crippen LogP) is 2.57. The quantitative estimate of drug-likeness (QED) is 0.881. The Balaban J connectivity index is 1.77. The molecule has 0 unspecified atom stereocenters. The van der Waals surface area contributed by atoms with Gasteiger partial charge >= 0.3 is 0 Å². The van der Waals surface area contributed by atoms with Crippen LogP contribution in [0.4, 0.5) is 0 Å². The number of carbonyl (C=O) groups excluding carboxylic acids is 1. The van der Waals surface area contributed by atoms with Gasteiger partial charge in [-0.3, -0.25) is 9.89 Å². The highest BCUT2D eigenvalue weighted by Crippen LogP contribution is 2.23. The number of rotatable bonds is 2. The van der Waals surface area contributed by atoms with Crippen molar-refractivity contribution < 1.29 is 4.79 Å². The summed E-state index contributed by atoms with van der Waals surface area (Å²) in [6.45, 7) is 8.87. The van der Waals surface area contributed by atoms with Gasteiger partial charge in [-0.25, -0.2) is 4.99 Å². The van der Waals surface area contributed by atoms with Crippen LogP contribution in [0.25, 0.3) is 0 Å². The molecule has 0 atom stereocenters. The van der Waals surface area contributed by atoms with Gasteiger partial charge in [-0.05, 0) is 45.8 Å². The second kappa shape index (κ2) is 5.87. The fraction of sp³-hybridized carbons (Fsp3) is 0.353. The van der Waals surface area contributed by atoms with E-state index in [1.165, 1.54) is 11.1 Å². The van der Waals surface area contributed by atoms with Crippen molar-refractivity contribution in [2.75, 3.05) is 6.54 Å². The van der Waals surface area contributed by atoms with Gasteiger partial charge in [-0.2, -0.15) is 5.10 Å². The molecule has 1 aromatic rings. The zero-order valence-corrected chi connectivity index (χ0v) is 13.9.